The van der Waals surface area contributed by atoms with E-state index in [1.807, 2.05) is 12.1 Å². The minimum Gasteiger partial charge on any atom is -0.462 e. The van der Waals surface area contributed by atoms with E-state index in [1.54, 1.807) is 30.3 Å². The molecule has 0 bridgehead atoms. The molecule has 1 spiro atoms. The van der Waals surface area contributed by atoms with Crippen LogP contribution in [-0.2, 0) is 15.0 Å². The number of nitrogens with two attached hydrogens (primary N) is 1. The summed E-state index contributed by atoms with van der Waals surface area (Å²) in [5.41, 5.74) is 8.43. The van der Waals surface area contributed by atoms with Gasteiger partial charge in [0.2, 0.25) is 5.95 Å². The molecule has 1 aromatic heterocycles. The summed E-state index contributed by atoms with van der Waals surface area (Å²) in [4.78, 5) is 8.35. The number of fused-ring (bicyclic) bond motifs is 4. The van der Waals surface area contributed by atoms with Gasteiger partial charge in [-0.25, -0.2) is 14.4 Å². The molecule has 6 nitrogen and oxygen atoms in total. The molecule has 0 fully saturated rings. The molecule has 8 heteroatoms. The molecule has 0 amide bonds. The highest BCUT2D eigenvalue weighted by Crippen LogP contribution is 2.53. The summed E-state index contributed by atoms with van der Waals surface area (Å²) in [6, 6.07) is 11.8. The second-order valence-corrected chi connectivity index (χ2v) is 8.16. The largest absolute Gasteiger partial charge is 0.462 e. The van der Waals surface area contributed by atoms with Crippen molar-refractivity contribution in [2.45, 2.75) is 12.0 Å². The van der Waals surface area contributed by atoms with Crippen LogP contribution < -0.4 is 10.5 Å². The monoisotopic (exact) mass is 447 g/mol. The molecule has 2 N–H and O–H groups in total. The highest BCUT2D eigenvalue weighted by molar-refractivity contribution is 5.79. The molecule has 3 aromatic rings. The van der Waals surface area contributed by atoms with Crippen LogP contribution in [0.5, 0.6) is 11.5 Å². The quantitative estimate of drug-likeness (QED) is 0.584. The Labute approximate surface area is 188 Å². The number of aromatic nitrogens is 1. The van der Waals surface area contributed by atoms with Gasteiger partial charge >= 0.3 is 0 Å². The van der Waals surface area contributed by atoms with E-state index in [-0.39, 0.29) is 18.4 Å². The summed E-state index contributed by atoms with van der Waals surface area (Å²) in [6.07, 6.45) is 4.19. The Morgan fingerprint density at radius 3 is 2.67 bits per heavy atom. The van der Waals surface area contributed by atoms with Gasteiger partial charge in [-0.1, -0.05) is 12.1 Å². The fourth-order valence-corrected chi connectivity index (χ4v) is 4.62. The van der Waals surface area contributed by atoms with Crippen LogP contribution in [0.4, 0.5) is 8.78 Å². The zero-order chi connectivity index (χ0) is 22.6. The number of amidine groups is 1. The van der Waals surface area contributed by atoms with Crippen LogP contribution in [0.15, 0.2) is 59.7 Å². The molecule has 166 valence electrons. The van der Waals surface area contributed by atoms with Crippen LogP contribution in [0, 0.1) is 11.8 Å². The maximum Gasteiger partial charge on any atom is 0.283 e. The molecule has 0 radical (unpaired) electrons. The van der Waals surface area contributed by atoms with Crippen molar-refractivity contribution in [2.24, 2.45) is 10.7 Å². The van der Waals surface area contributed by atoms with Gasteiger partial charge < -0.3 is 19.9 Å². The maximum absolute atomic E-state index is 15.3. The molecular weight excluding hydrogens is 428 g/mol. The van der Waals surface area contributed by atoms with E-state index >= 15 is 4.39 Å². The van der Waals surface area contributed by atoms with Gasteiger partial charge in [-0.3, -0.25) is 0 Å². The molecule has 3 aliphatic rings. The fourth-order valence-electron chi connectivity index (χ4n) is 4.62. The Kier molecular flexibility index (Phi) is 4.45. The van der Waals surface area contributed by atoms with E-state index in [9.17, 15) is 4.39 Å². The summed E-state index contributed by atoms with van der Waals surface area (Å²) in [5.74, 6) is -0.621. The van der Waals surface area contributed by atoms with Gasteiger partial charge in [-0.05, 0) is 59.5 Å². The minimum absolute atomic E-state index is 0.00205. The average molecular weight is 447 g/mol. The number of halogens is 2. The first kappa shape index (κ1) is 19.9. The third-order valence-electron chi connectivity index (χ3n) is 6.21. The summed E-state index contributed by atoms with van der Waals surface area (Å²) >= 11 is 0. The van der Waals surface area contributed by atoms with Gasteiger partial charge in [0.15, 0.2) is 17.1 Å². The van der Waals surface area contributed by atoms with Crippen LogP contribution >= 0.6 is 0 Å². The third kappa shape index (κ3) is 3.09. The summed E-state index contributed by atoms with van der Waals surface area (Å²) in [6.45, 7) is 1.11. The number of aliphatic imine (C=N–C) groups is 1. The second-order valence-electron chi connectivity index (χ2n) is 8.16. The van der Waals surface area contributed by atoms with E-state index in [0.717, 1.165) is 12.0 Å². The van der Waals surface area contributed by atoms with Crippen molar-refractivity contribution in [2.75, 3.05) is 19.8 Å². The van der Waals surface area contributed by atoms with Crippen molar-refractivity contribution in [3.8, 4) is 22.6 Å². The van der Waals surface area contributed by atoms with Crippen LogP contribution in [0.2, 0.25) is 0 Å². The molecule has 0 saturated heterocycles. The zero-order valence-electron chi connectivity index (χ0n) is 17.5. The van der Waals surface area contributed by atoms with Gasteiger partial charge in [0.1, 0.15) is 12.4 Å². The van der Waals surface area contributed by atoms with Crippen molar-refractivity contribution in [3.63, 3.8) is 0 Å². The molecule has 1 atom stereocenters. The number of ether oxygens (including phenoxy) is 3. The molecule has 0 saturated carbocycles. The maximum atomic E-state index is 15.3. The van der Waals surface area contributed by atoms with Crippen molar-refractivity contribution in [3.05, 3.63) is 83.2 Å². The van der Waals surface area contributed by atoms with Crippen LogP contribution in [-0.4, -0.2) is 30.8 Å². The lowest BCUT2D eigenvalue weighted by atomic mass is 9.79. The molecule has 0 unspecified atom stereocenters. The summed E-state index contributed by atoms with van der Waals surface area (Å²) < 4.78 is 46.9. The lowest BCUT2D eigenvalue weighted by molar-refractivity contribution is 0.164. The van der Waals surface area contributed by atoms with Crippen molar-refractivity contribution < 1.29 is 23.0 Å². The molecule has 4 heterocycles. The molecule has 2 aromatic carbocycles. The topological polar surface area (TPSA) is 79.0 Å². The zero-order valence-corrected chi connectivity index (χ0v) is 17.5. The molecule has 3 aliphatic heterocycles. The van der Waals surface area contributed by atoms with Crippen LogP contribution in [0.25, 0.3) is 16.7 Å². The van der Waals surface area contributed by atoms with Gasteiger partial charge in [0.05, 0.1) is 13.2 Å². The molecular formula is C25H19F2N3O3. The van der Waals surface area contributed by atoms with Crippen LogP contribution in [0.3, 0.4) is 0 Å². The average Bonchev–Trinajstić information content (AvgIpc) is 3.23. The normalized spacial score (nSPS) is 20.9. The summed E-state index contributed by atoms with van der Waals surface area (Å²) in [5, 5.41) is 0. The SMILES string of the molecule is NC1=N[C@@]2(CO1)c1cc(-c3cccnc3F)ccc1Oc1c(F)cc(C3=CCCOC3)cc12. The van der Waals surface area contributed by atoms with E-state index in [2.05, 4.69) is 9.98 Å². The number of benzene rings is 2. The second kappa shape index (κ2) is 7.38. The Morgan fingerprint density at radius 2 is 1.91 bits per heavy atom. The predicted molar refractivity (Wildman–Crippen MR) is 118 cm³/mol. The number of hydrogen-bond donors (Lipinski definition) is 1. The number of hydrogen-bond acceptors (Lipinski definition) is 6. The Hall–Kier alpha value is -3.78. The first-order valence-corrected chi connectivity index (χ1v) is 10.6. The number of rotatable bonds is 2. The van der Waals surface area contributed by atoms with Crippen molar-refractivity contribution in [1.82, 2.24) is 4.98 Å². The molecule has 6 rings (SSSR count). The lowest BCUT2D eigenvalue weighted by Gasteiger charge is -2.34. The highest BCUT2D eigenvalue weighted by atomic mass is 19.1. The van der Waals surface area contributed by atoms with E-state index < -0.39 is 17.3 Å². The molecule has 0 aliphatic carbocycles. The van der Waals surface area contributed by atoms with Crippen molar-refractivity contribution >= 4 is 11.6 Å². The minimum atomic E-state index is -1.13. The lowest BCUT2D eigenvalue weighted by Crippen LogP contribution is -2.31. The van der Waals surface area contributed by atoms with E-state index in [4.69, 9.17) is 19.9 Å². The third-order valence-corrected chi connectivity index (χ3v) is 6.21. The summed E-state index contributed by atoms with van der Waals surface area (Å²) in [7, 11) is 0. The highest BCUT2D eigenvalue weighted by Gasteiger charge is 2.48. The first-order valence-electron chi connectivity index (χ1n) is 10.6. The van der Waals surface area contributed by atoms with Crippen molar-refractivity contribution in [1.29, 1.82) is 0 Å². The van der Waals surface area contributed by atoms with Gasteiger partial charge in [0, 0.05) is 22.9 Å². The van der Waals surface area contributed by atoms with Gasteiger partial charge in [-0.15, -0.1) is 0 Å². The van der Waals surface area contributed by atoms with E-state index in [0.29, 0.717) is 46.8 Å². The Morgan fingerprint density at radius 1 is 1.03 bits per heavy atom. The Bertz CT molecular complexity index is 1350. The van der Waals surface area contributed by atoms with E-state index in [1.165, 1.54) is 12.3 Å². The number of pyridine rings is 1. The molecule has 33 heavy (non-hydrogen) atoms. The smallest absolute Gasteiger partial charge is 0.283 e. The van der Waals surface area contributed by atoms with Gasteiger partial charge in [-0.2, -0.15) is 4.39 Å². The van der Waals surface area contributed by atoms with Crippen LogP contribution in [0.1, 0.15) is 23.1 Å². The van der Waals surface area contributed by atoms with Gasteiger partial charge in [0.25, 0.3) is 6.02 Å². The standard InChI is InChI=1S/C25H19F2N3O3/c26-20-11-16(15-3-2-8-31-12-15)10-19-22(20)33-21-6-5-14(17-4-1-7-29-23(17)27)9-18(21)25(19)13-32-24(28)30-25/h1,3-7,9-11H,2,8,12-13H2,(H2,28,30)/t25-/m0/s1. The first-order chi connectivity index (χ1) is 16.0. The Balaban J connectivity index is 1.57. The number of nitrogens with zero attached hydrogens (tertiary/aromatic N) is 2. The fraction of sp³-hybridized carbons (Fsp3) is 0.200. The predicted octanol–water partition coefficient (Wildman–Crippen LogP) is 4.52.